The fourth-order valence-corrected chi connectivity index (χ4v) is 4.16. The molecule has 0 unspecified atom stereocenters. The standard InChI is InChI=1S/C7H20N2SSi2/c1-11(2,3)8-7(10)9-12(4,5)6/h1-6H3,(H2,8,9,10). The highest BCUT2D eigenvalue weighted by atomic mass is 32.1. The van der Waals surface area contributed by atoms with Gasteiger partial charge >= 0.3 is 0 Å². The normalized spacial score (nSPS) is 12.5. The molecule has 0 atom stereocenters. The summed E-state index contributed by atoms with van der Waals surface area (Å²) < 4.78 is 0. The summed E-state index contributed by atoms with van der Waals surface area (Å²) in [5, 5.41) is 0.841. The molecule has 0 rings (SSSR count). The first kappa shape index (κ1) is 12.1. The van der Waals surface area contributed by atoms with Crippen LogP contribution in [0.4, 0.5) is 0 Å². The molecule has 2 nitrogen and oxygen atoms in total. The van der Waals surface area contributed by atoms with Crippen LogP contribution >= 0.6 is 12.2 Å². The average molecular weight is 220 g/mol. The van der Waals surface area contributed by atoms with Crippen LogP contribution in [0.2, 0.25) is 39.3 Å². The number of nitrogens with one attached hydrogen (secondary N) is 2. The van der Waals surface area contributed by atoms with Gasteiger partial charge in [-0.15, -0.1) is 0 Å². The quantitative estimate of drug-likeness (QED) is 0.551. The summed E-state index contributed by atoms with van der Waals surface area (Å²) in [5.41, 5.74) is 0. The second-order valence-electron chi connectivity index (χ2n) is 5.08. The van der Waals surface area contributed by atoms with Crippen molar-refractivity contribution in [1.82, 2.24) is 9.96 Å². The maximum atomic E-state index is 5.20. The monoisotopic (exact) mass is 220 g/mol. The van der Waals surface area contributed by atoms with E-state index < -0.39 is 16.5 Å². The van der Waals surface area contributed by atoms with E-state index in [1.54, 1.807) is 0 Å². The van der Waals surface area contributed by atoms with E-state index in [-0.39, 0.29) is 0 Å². The molecule has 0 amide bonds. The van der Waals surface area contributed by atoms with Gasteiger partial charge < -0.3 is 9.96 Å². The zero-order valence-corrected chi connectivity index (χ0v) is 11.7. The Labute approximate surface area is 83.3 Å². The molecule has 5 heteroatoms. The number of hydrogen-bond donors (Lipinski definition) is 2. The third kappa shape index (κ3) is 8.22. The topological polar surface area (TPSA) is 24.1 Å². The predicted molar refractivity (Wildman–Crippen MR) is 65.6 cm³/mol. The van der Waals surface area contributed by atoms with Gasteiger partial charge in [0.25, 0.3) is 0 Å². The molecule has 0 aliphatic rings. The van der Waals surface area contributed by atoms with E-state index in [2.05, 4.69) is 49.2 Å². The Balaban J connectivity index is 3.92. The summed E-state index contributed by atoms with van der Waals surface area (Å²) in [6.45, 7) is 13.4. The van der Waals surface area contributed by atoms with E-state index in [9.17, 15) is 0 Å². The van der Waals surface area contributed by atoms with Gasteiger partial charge in [-0.1, -0.05) is 39.3 Å². The number of hydrogen-bond acceptors (Lipinski definition) is 1. The molecular weight excluding hydrogens is 200 g/mol. The average Bonchev–Trinajstić information content (AvgIpc) is 1.49. The van der Waals surface area contributed by atoms with Crippen molar-refractivity contribution >= 4 is 33.8 Å². The lowest BCUT2D eigenvalue weighted by atomic mass is 11.2. The molecule has 0 radical (unpaired) electrons. The summed E-state index contributed by atoms with van der Waals surface area (Å²) in [5.74, 6) is 0. The molecule has 0 aromatic rings. The van der Waals surface area contributed by atoms with Gasteiger partial charge in [0.15, 0.2) is 0 Å². The maximum Gasteiger partial charge on any atom is 0.150 e. The zero-order valence-electron chi connectivity index (χ0n) is 8.91. The summed E-state index contributed by atoms with van der Waals surface area (Å²) in [7, 11) is -2.50. The molecule has 0 bridgehead atoms. The van der Waals surface area contributed by atoms with E-state index in [0.717, 1.165) is 5.11 Å². The van der Waals surface area contributed by atoms with E-state index in [4.69, 9.17) is 12.2 Å². The Kier molecular flexibility index (Phi) is 3.93. The van der Waals surface area contributed by atoms with Gasteiger partial charge in [-0.2, -0.15) is 0 Å². The summed E-state index contributed by atoms with van der Waals surface area (Å²) in [6, 6.07) is 0. The van der Waals surface area contributed by atoms with Crippen LogP contribution in [0.25, 0.3) is 0 Å². The lowest BCUT2D eigenvalue weighted by molar-refractivity contribution is 1.23. The van der Waals surface area contributed by atoms with Gasteiger partial charge in [0.1, 0.15) is 21.6 Å². The molecule has 0 spiro atoms. The number of thiocarbonyl (C=S) groups is 1. The van der Waals surface area contributed by atoms with Crippen LogP contribution < -0.4 is 9.96 Å². The molecule has 0 saturated carbocycles. The highest BCUT2D eigenvalue weighted by molar-refractivity contribution is 7.80. The van der Waals surface area contributed by atoms with Crippen LogP contribution in [-0.4, -0.2) is 21.6 Å². The Hall–Kier alpha value is 0.124. The Bertz CT molecular complexity index is 151. The molecular formula is C7H20N2SSi2. The second kappa shape index (κ2) is 3.89. The minimum atomic E-state index is -1.25. The highest BCUT2D eigenvalue weighted by Crippen LogP contribution is 1.97. The van der Waals surface area contributed by atoms with E-state index in [1.165, 1.54) is 0 Å². The van der Waals surface area contributed by atoms with Crippen LogP contribution in [-0.2, 0) is 0 Å². The smallest absolute Gasteiger partial charge is 0.150 e. The van der Waals surface area contributed by atoms with Gasteiger partial charge in [0.2, 0.25) is 0 Å². The Morgan fingerprint density at radius 3 is 1.25 bits per heavy atom. The molecule has 0 fully saturated rings. The molecule has 72 valence electrons. The second-order valence-corrected chi connectivity index (χ2v) is 15.0. The molecule has 0 aliphatic heterocycles. The van der Waals surface area contributed by atoms with Crippen LogP contribution in [0, 0.1) is 0 Å². The number of rotatable bonds is 2. The SMILES string of the molecule is C[Si](C)(C)NC(=S)N[Si](C)(C)C. The fraction of sp³-hybridized carbons (Fsp3) is 0.857. The van der Waals surface area contributed by atoms with E-state index in [1.807, 2.05) is 0 Å². The lowest BCUT2D eigenvalue weighted by Crippen LogP contribution is -2.56. The minimum Gasteiger partial charge on any atom is -0.389 e. The van der Waals surface area contributed by atoms with E-state index in [0.29, 0.717) is 0 Å². The summed E-state index contributed by atoms with van der Waals surface area (Å²) in [6.07, 6.45) is 0. The van der Waals surface area contributed by atoms with Gasteiger partial charge in [0, 0.05) is 0 Å². The van der Waals surface area contributed by atoms with Crippen molar-refractivity contribution < 1.29 is 0 Å². The van der Waals surface area contributed by atoms with Gasteiger partial charge in [-0.25, -0.2) is 0 Å². The zero-order chi connectivity index (χ0) is 9.99. The molecule has 0 aromatic heterocycles. The van der Waals surface area contributed by atoms with Crippen molar-refractivity contribution in [1.29, 1.82) is 0 Å². The van der Waals surface area contributed by atoms with Crippen molar-refractivity contribution in [2.45, 2.75) is 39.3 Å². The minimum absolute atomic E-state index is 0.841. The Morgan fingerprint density at radius 2 is 1.08 bits per heavy atom. The first-order chi connectivity index (χ1) is 5.10. The van der Waals surface area contributed by atoms with Crippen molar-refractivity contribution in [3.63, 3.8) is 0 Å². The first-order valence-electron chi connectivity index (χ1n) is 4.20. The third-order valence-corrected chi connectivity index (χ3v) is 3.54. The van der Waals surface area contributed by atoms with Crippen LogP contribution in [0.3, 0.4) is 0 Å². The third-order valence-electron chi connectivity index (χ3n) is 0.977. The summed E-state index contributed by atoms with van der Waals surface area (Å²) in [4.78, 5) is 6.74. The largest absolute Gasteiger partial charge is 0.389 e. The van der Waals surface area contributed by atoms with Gasteiger partial charge in [-0.05, 0) is 12.2 Å². The molecule has 2 N–H and O–H groups in total. The van der Waals surface area contributed by atoms with Crippen LogP contribution in [0.1, 0.15) is 0 Å². The Morgan fingerprint density at radius 1 is 0.833 bits per heavy atom. The molecule has 0 saturated heterocycles. The van der Waals surface area contributed by atoms with Crippen molar-refractivity contribution in [3.05, 3.63) is 0 Å². The molecule has 0 heterocycles. The van der Waals surface area contributed by atoms with Gasteiger partial charge in [-0.3, -0.25) is 0 Å². The van der Waals surface area contributed by atoms with Crippen molar-refractivity contribution in [2.75, 3.05) is 0 Å². The first-order valence-corrected chi connectivity index (χ1v) is 11.6. The van der Waals surface area contributed by atoms with E-state index >= 15 is 0 Å². The van der Waals surface area contributed by atoms with Crippen LogP contribution in [0.5, 0.6) is 0 Å². The highest BCUT2D eigenvalue weighted by Gasteiger charge is 2.19. The summed E-state index contributed by atoms with van der Waals surface area (Å²) >= 11 is 5.20. The van der Waals surface area contributed by atoms with Crippen molar-refractivity contribution in [3.8, 4) is 0 Å². The predicted octanol–water partition coefficient (Wildman–Crippen LogP) is 2.12. The molecule has 12 heavy (non-hydrogen) atoms. The lowest BCUT2D eigenvalue weighted by Gasteiger charge is -2.26. The molecule has 0 aliphatic carbocycles. The van der Waals surface area contributed by atoms with Crippen LogP contribution in [0.15, 0.2) is 0 Å². The molecule has 0 aromatic carbocycles. The fourth-order valence-electron chi connectivity index (χ4n) is 0.712. The van der Waals surface area contributed by atoms with Gasteiger partial charge in [0.05, 0.1) is 0 Å². The maximum absolute atomic E-state index is 5.20. The van der Waals surface area contributed by atoms with Crippen molar-refractivity contribution in [2.24, 2.45) is 0 Å².